The summed E-state index contributed by atoms with van der Waals surface area (Å²) in [5.74, 6) is 0. The first-order chi connectivity index (χ1) is 15.3. The number of halogens is 3. The summed E-state index contributed by atoms with van der Waals surface area (Å²) in [6, 6.07) is 14.9. The van der Waals surface area contributed by atoms with Gasteiger partial charge in [-0.3, -0.25) is 14.9 Å². The lowest BCUT2D eigenvalue weighted by Crippen LogP contribution is -2.23. The smallest absolute Gasteiger partial charge is 0.285 e. The SMILES string of the molecule is CCC(=NC1Cc2ccccc2C1)c1c(C(F)(F)F)[nH]n(-c2nc3ccccc3s2)c1=O. The molecule has 164 valence electrons. The summed E-state index contributed by atoms with van der Waals surface area (Å²) in [6.45, 7) is 1.72. The number of nitrogens with zero attached hydrogens (tertiary/aromatic N) is 3. The summed E-state index contributed by atoms with van der Waals surface area (Å²) < 4.78 is 43.5. The fourth-order valence-corrected chi connectivity index (χ4v) is 5.11. The van der Waals surface area contributed by atoms with Gasteiger partial charge in [0, 0.05) is 5.71 Å². The number of hydrogen-bond donors (Lipinski definition) is 1. The Morgan fingerprint density at radius 2 is 1.81 bits per heavy atom. The Morgan fingerprint density at radius 3 is 2.44 bits per heavy atom. The molecule has 0 radical (unpaired) electrons. The minimum Gasteiger partial charge on any atom is -0.285 e. The van der Waals surface area contributed by atoms with Gasteiger partial charge in [-0.25, -0.2) is 4.98 Å². The number of aromatic amines is 1. The van der Waals surface area contributed by atoms with E-state index in [0.29, 0.717) is 18.4 Å². The second kappa shape index (κ2) is 7.74. The van der Waals surface area contributed by atoms with Gasteiger partial charge in [0.25, 0.3) is 5.56 Å². The summed E-state index contributed by atoms with van der Waals surface area (Å²) in [5, 5.41) is 2.43. The van der Waals surface area contributed by atoms with Crippen LogP contribution in [0.2, 0.25) is 0 Å². The standard InChI is InChI=1S/C23H19F3N4OS/c1-2-16(27-15-11-13-7-3-4-8-14(13)12-15)19-20(23(24,25)26)29-30(21(19)31)22-28-17-9-5-6-10-18(17)32-22/h3-10,15,29H,2,11-12H2,1H3. The lowest BCUT2D eigenvalue weighted by Gasteiger charge is -2.10. The number of aliphatic imine (C=N–C) groups is 1. The van der Waals surface area contributed by atoms with Crippen molar-refractivity contribution in [2.24, 2.45) is 4.99 Å². The van der Waals surface area contributed by atoms with Gasteiger partial charge >= 0.3 is 6.18 Å². The molecule has 0 amide bonds. The molecule has 5 rings (SSSR count). The molecule has 32 heavy (non-hydrogen) atoms. The van der Waals surface area contributed by atoms with E-state index in [1.807, 2.05) is 36.4 Å². The summed E-state index contributed by atoms with van der Waals surface area (Å²) in [7, 11) is 0. The van der Waals surface area contributed by atoms with E-state index in [1.165, 1.54) is 0 Å². The molecular formula is C23H19F3N4OS. The average molecular weight is 456 g/mol. The van der Waals surface area contributed by atoms with Crippen LogP contribution in [0.5, 0.6) is 0 Å². The van der Waals surface area contributed by atoms with E-state index in [9.17, 15) is 18.0 Å². The van der Waals surface area contributed by atoms with Gasteiger partial charge in [-0.05, 0) is 42.5 Å². The zero-order chi connectivity index (χ0) is 22.5. The minimum atomic E-state index is -4.73. The first kappa shape index (κ1) is 20.7. The Hall–Kier alpha value is -3.20. The van der Waals surface area contributed by atoms with Gasteiger partial charge in [0.1, 0.15) is 0 Å². The number of alkyl halides is 3. The molecule has 0 aliphatic heterocycles. The summed E-state index contributed by atoms with van der Waals surface area (Å²) >= 11 is 1.15. The molecule has 0 saturated heterocycles. The van der Waals surface area contributed by atoms with Crippen LogP contribution in [-0.4, -0.2) is 26.5 Å². The first-order valence-electron chi connectivity index (χ1n) is 10.3. The van der Waals surface area contributed by atoms with Gasteiger partial charge in [0.2, 0.25) is 5.13 Å². The molecule has 0 unspecified atom stereocenters. The lowest BCUT2D eigenvalue weighted by molar-refractivity contribution is -0.141. The van der Waals surface area contributed by atoms with Crippen LogP contribution in [0.25, 0.3) is 15.3 Å². The molecule has 0 saturated carbocycles. The summed E-state index contributed by atoms with van der Waals surface area (Å²) in [6.07, 6.45) is -3.22. The van der Waals surface area contributed by atoms with Crippen molar-refractivity contribution in [1.29, 1.82) is 0 Å². The molecular weight excluding hydrogens is 437 g/mol. The second-order valence-electron chi connectivity index (χ2n) is 7.72. The van der Waals surface area contributed by atoms with E-state index < -0.39 is 23.0 Å². The third-order valence-corrected chi connectivity index (χ3v) is 6.66. The predicted octanol–water partition coefficient (Wildman–Crippen LogP) is 5.16. The normalized spacial score (nSPS) is 14.9. The number of nitrogens with one attached hydrogen (secondary N) is 1. The fourth-order valence-electron chi connectivity index (χ4n) is 4.18. The van der Waals surface area contributed by atoms with Crippen LogP contribution < -0.4 is 5.56 Å². The molecule has 0 bridgehead atoms. The molecule has 2 heterocycles. The largest absolute Gasteiger partial charge is 0.433 e. The van der Waals surface area contributed by atoms with Gasteiger partial charge in [0.05, 0.1) is 21.8 Å². The number of rotatable bonds is 4. The highest BCUT2D eigenvalue weighted by Crippen LogP contribution is 2.32. The lowest BCUT2D eigenvalue weighted by atomic mass is 10.1. The quantitative estimate of drug-likeness (QED) is 0.431. The van der Waals surface area contributed by atoms with Crippen molar-refractivity contribution in [2.45, 2.75) is 38.4 Å². The van der Waals surface area contributed by atoms with Crippen LogP contribution >= 0.6 is 11.3 Å². The number of fused-ring (bicyclic) bond motifs is 2. The summed E-state index contributed by atoms with van der Waals surface area (Å²) in [4.78, 5) is 22.2. The maximum Gasteiger partial charge on any atom is 0.433 e. The van der Waals surface area contributed by atoms with E-state index >= 15 is 0 Å². The second-order valence-corrected chi connectivity index (χ2v) is 8.73. The van der Waals surface area contributed by atoms with Crippen LogP contribution in [0.4, 0.5) is 13.2 Å². The number of benzene rings is 2. The van der Waals surface area contributed by atoms with Gasteiger partial charge in [0.15, 0.2) is 5.69 Å². The third kappa shape index (κ3) is 3.56. The molecule has 2 aromatic carbocycles. The number of hydrogen-bond acceptors (Lipinski definition) is 4. The predicted molar refractivity (Wildman–Crippen MR) is 119 cm³/mol. The van der Waals surface area contributed by atoms with Crippen molar-refractivity contribution in [2.75, 3.05) is 0 Å². The molecule has 1 aliphatic rings. The molecule has 0 spiro atoms. The van der Waals surface area contributed by atoms with E-state index in [1.54, 1.807) is 19.1 Å². The van der Waals surface area contributed by atoms with Crippen LogP contribution in [-0.2, 0) is 19.0 Å². The van der Waals surface area contributed by atoms with E-state index in [2.05, 4.69) is 15.1 Å². The number of aromatic nitrogens is 3. The molecule has 0 atom stereocenters. The third-order valence-electron chi connectivity index (χ3n) is 5.64. The Morgan fingerprint density at radius 1 is 1.16 bits per heavy atom. The molecule has 1 N–H and O–H groups in total. The average Bonchev–Trinajstić information content (AvgIpc) is 3.45. The monoisotopic (exact) mass is 456 g/mol. The maximum absolute atomic E-state index is 13.9. The van der Waals surface area contributed by atoms with Crippen molar-refractivity contribution >= 4 is 27.3 Å². The highest BCUT2D eigenvalue weighted by atomic mass is 32.1. The Bertz CT molecular complexity index is 1340. The van der Waals surface area contributed by atoms with Gasteiger partial charge in [-0.15, -0.1) is 0 Å². The molecule has 1 aliphatic carbocycles. The zero-order valence-corrected chi connectivity index (χ0v) is 17.9. The van der Waals surface area contributed by atoms with Crippen molar-refractivity contribution in [3.05, 3.63) is 81.3 Å². The summed E-state index contributed by atoms with van der Waals surface area (Å²) in [5.41, 5.74) is 0.788. The van der Waals surface area contributed by atoms with Crippen molar-refractivity contribution in [3.8, 4) is 5.13 Å². The van der Waals surface area contributed by atoms with Crippen LogP contribution in [0.1, 0.15) is 35.7 Å². The van der Waals surface area contributed by atoms with Crippen LogP contribution in [0.3, 0.4) is 0 Å². The molecule has 5 nitrogen and oxygen atoms in total. The molecule has 2 aromatic heterocycles. The van der Waals surface area contributed by atoms with Crippen molar-refractivity contribution in [1.82, 2.24) is 14.8 Å². The van der Waals surface area contributed by atoms with Gasteiger partial charge in [-0.2, -0.15) is 17.9 Å². The van der Waals surface area contributed by atoms with Crippen LogP contribution in [0.15, 0.2) is 58.3 Å². The number of H-pyrrole nitrogens is 1. The fraction of sp³-hybridized carbons (Fsp3) is 0.261. The van der Waals surface area contributed by atoms with Gasteiger partial charge < -0.3 is 0 Å². The van der Waals surface area contributed by atoms with Crippen molar-refractivity contribution < 1.29 is 13.2 Å². The topological polar surface area (TPSA) is 63.0 Å². The Balaban J connectivity index is 1.61. The van der Waals surface area contributed by atoms with Crippen LogP contribution in [0, 0.1) is 0 Å². The first-order valence-corrected chi connectivity index (χ1v) is 11.1. The number of para-hydroxylation sites is 1. The van der Waals surface area contributed by atoms with Crippen molar-refractivity contribution in [3.63, 3.8) is 0 Å². The van der Waals surface area contributed by atoms with E-state index in [4.69, 9.17) is 0 Å². The Labute approximate surface area is 185 Å². The highest BCUT2D eigenvalue weighted by Gasteiger charge is 2.40. The minimum absolute atomic E-state index is 0.163. The van der Waals surface area contributed by atoms with E-state index in [0.717, 1.165) is 31.8 Å². The van der Waals surface area contributed by atoms with Gasteiger partial charge in [-0.1, -0.05) is 54.7 Å². The molecule has 4 aromatic rings. The highest BCUT2D eigenvalue weighted by molar-refractivity contribution is 7.20. The maximum atomic E-state index is 13.9. The molecule has 9 heteroatoms. The Kier molecular flexibility index (Phi) is 5.00. The molecule has 0 fully saturated rings. The zero-order valence-electron chi connectivity index (χ0n) is 17.1. The van der Waals surface area contributed by atoms with E-state index in [-0.39, 0.29) is 23.3 Å². The number of thiazole rings is 1.